The Morgan fingerprint density at radius 1 is 0.767 bits per heavy atom. The Hall–Kier alpha value is -3.06. The number of benzene rings is 1. The Morgan fingerprint density at radius 3 is 1.70 bits per heavy atom. The van der Waals surface area contributed by atoms with Crippen LogP contribution in [0.4, 0.5) is 0 Å². The molecule has 1 aromatic carbocycles. The summed E-state index contributed by atoms with van der Waals surface area (Å²) in [6.07, 6.45) is 2.89. The van der Waals surface area contributed by atoms with E-state index in [4.69, 9.17) is 18.9 Å². The standard InChI is InChI=1S/C31H50N4O8/c1-6-8-28(31(39)42-5)35-19-15-32(22-29(37)40-3)13-17-34(18-14-33(16-20-35)23-30(38)41-4)26(24-36)21-25-9-11-27(12-10-25)43-7-2/h9-12,24,26,28H,6-8,13-23H2,1-5H3. The van der Waals surface area contributed by atoms with Crippen molar-refractivity contribution in [2.75, 3.05) is 93.4 Å². The molecular weight excluding hydrogens is 556 g/mol. The van der Waals surface area contributed by atoms with Crippen LogP contribution < -0.4 is 4.74 Å². The zero-order valence-electron chi connectivity index (χ0n) is 26.5. The Bertz CT molecular complexity index is 959. The first-order valence-electron chi connectivity index (χ1n) is 15.1. The largest absolute Gasteiger partial charge is 0.494 e. The van der Waals surface area contributed by atoms with Crippen LogP contribution in [-0.2, 0) is 39.8 Å². The van der Waals surface area contributed by atoms with E-state index in [-0.39, 0.29) is 31.0 Å². The molecule has 0 aliphatic carbocycles. The maximum atomic E-state index is 12.8. The van der Waals surface area contributed by atoms with Crippen LogP contribution in [0.25, 0.3) is 0 Å². The normalized spacial score (nSPS) is 18.0. The van der Waals surface area contributed by atoms with Crippen LogP contribution in [0.3, 0.4) is 0 Å². The summed E-state index contributed by atoms with van der Waals surface area (Å²) in [6, 6.07) is 6.88. The zero-order chi connectivity index (χ0) is 31.6. The summed E-state index contributed by atoms with van der Waals surface area (Å²) >= 11 is 0. The third-order valence-corrected chi connectivity index (χ3v) is 7.76. The maximum absolute atomic E-state index is 12.8. The number of rotatable bonds is 14. The summed E-state index contributed by atoms with van der Waals surface area (Å²) in [5.41, 5.74) is 1.00. The van der Waals surface area contributed by atoms with Crippen molar-refractivity contribution in [2.24, 2.45) is 0 Å². The first-order valence-corrected chi connectivity index (χ1v) is 15.1. The smallest absolute Gasteiger partial charge is 0.323 e. The fraction of sp³-hybridized carbons (Fsp3) is 0.677. The van der Waals surface area contributed by atoms with Crippen LogP contribution in [-0.4, -0.2) is 149 Å². The van der Waals surface area contributed by atoms with E-state index in [2.05, 4.69) is 9.80 Å². The molecule has 0 bridgehead atoms. The highest BCUT2D eigenvalue weighted by Gasteiger charge is 2.29. The molecule has 43 heavy (non-hydrogen) atoms. The number of carbonyl (C=O) groups is 4. The summed E-state index contributed by atoms with van der Waals surface area (Å²) in [7, 11) is 4.11. The Labute approximate surface area is 256 Å². The van der Waals surface area contributed by atoms with Crippen molar-refractivity contribution in [3.05, 3.63) is 29.8 Å². The van der Waals surface area contributed by atoms with Gasteiger partial charge in [-0.25, -0.2) is 0 Å². The molecule has 1 fully saturated rings. The van der Waals surface area contributed by atoms with Crippen LogP contribution in [0.2, 0.25) is 0 Å². The van der Waals surface area contributed by atoms with Crippen molar-refractivity contribution >= 4 is 24.2 Å². The van der Waals surface area contributed by atoms with E-state index in [1.54, 1.807) is 0 Å². The maximum Gasteiger partial charge on any atom is 0.323 e. The molecular formula is C31H50N4O8. The van der Waals surface area contributed by atoms with Gasteiger partial charge in [-0.2, -0.15) is 0 Å². The van der Waals surface area contributed by atoms with Crippen LogP contribution >= 0.6 is 0 Å². The molecule has 12 nitrogen and oxygen atoms in total. The predicted molar refractivity (Wildman–Crippen MR) is 162 cm³/mol. The Morgan fingerprint density at radius 2 is 1.28 bits per heavy atom. The van der Waals surface area contributed by atoms with Gasteiger partial charge in [0.1, 0.15) is 18.1 Å². The van der Waals surface area contributed by atoms with Crippen molar-refractivity contribution in [1.82, 2.24) is 19.6 Å². The fourth-order valence-electron chi connectivity index (χ4n) is 5.23. The average molecular weight is 607 g/mol. The van der Waals surface area contributed by atoms with Gasteiger partial charge in [0.2, 0.25) is 0 Å². The summed E-state index contributed by atoms with van der Waals surface area (Å²) in [6.45, 7) is 8.76. The van der Waals surface area contributed by atoms with Gasteiger partial charge in [-0.15, -0.1) is 0 Å². The number of ether oxygens (including phenoxy) is 4. The lowest BCUT2D eigenvalue weighted by molar-refractivity contribution is -0.148. The minimum Gasteiger partial charge on any atom is -0.494 e. The molecule has 0 saturated carbocycles. The molecule has 0 N–H and O–H groups in total. The van der Waals surface area contributed by atoms with E-state index in [1.807, 2.05) is 47.9 Å². The molecule has 242 valence electrons. The van der Waals surface area contributed by atoms with E-state index < -0.39 is 12.1 Å². The second-order valence-corrected chi connectivity index (χ2v) is 10.6. The molecule has 1 aliphatic heterocycles. The molecule has 0 spiro atoms. The van der Waals surface area contributed by atoms with Crippen molar-refractivity contribution in [3.8, 4) is 5.75 Å². The van der Waals surface area contributed by atoms with E-state index >= 15 is 0 Å². The van der Waals surface area contributed by atoms with Gasteiger partial charge in [0, 0.05) is 52.4 Å². The number of methoxy groups -OCH3 is 3. The number of hydrogen-bond acceptors (Lipinski definition) is 12. The van der Waals surface area contributed by atoms with E-state index in [9.17, 15) is 19.2 Å². The summed E-state index contributed by atoms with van der Waals surface area (Å²) in [5, 5.41) is 0. The second kappa shape index (κ2) is 20.0. The van der Waals surface area contributed by atoms with Gasteiger partial charge in [-0.3, -0.25) is 34.0 Å². The second-order valence-electron chi connectivity index (χ2n) is 10.6. The molecule has 0 amide bonds. The lowest BCUT2D eigenvalue weighted by Gasteiger charge is -2.37. The number of carbonyl (C=O) groups excluding carboxylic acids is 4. The lowest BCUT2D eigenvalue weighted by atomic mass is 10.0. The van der Waals surface area contributed by atoms with Crippen LogP contribution in [0.15, 0.2) is 24.3 Å². The number of hydrogen-bond donors (Lipinski definition) is 0. The minimum absolute atomic E-state index is 0.0912. The Kier molecular flexibility index (Phi) is 16.8. The molecule has 0 aromatic heterocycles. The van der Waals surface area contributed by atoms with Gasteiger partial charge in [-0.05, 0) is 37.5 Å². The van der Waals surface area contributed by atoms with Gasteiger partial charge < -0.3 is 23.7 Å². The highest BCUT2D eigenvalue weighted by Crippen LogP contribution is 2.16. The third kappa shape index (κ3) is 12.6. The number of esters is 3. The number of nitrogens with zero attached hydrogens (tertiary/aromatic N) is 4. The highest BCUT2D eigenvalue weighted by molar-refractivity contribution is 5.75. The highest BCUT2D eigenvalue weighted by atomic mass is 16.5. The van der Waals surface area contributed by atoms with Crippen LogP contribution in [0.1, 0.15) is 32.3 Å². The van der Waals surface area contributed by atoms with Gasteiger partial charge in [0.15, 0.2) is 0 Å². The fourth-order valence-corrected chi connectivity index (χ4v) is 5.23. The molecule has 0 radical (unpaired) electrons. The van der Waals surface area contributed by atoms with Crippen LogP contribution in [0, 0.1) is 0 Å². The zero-order valence-corrected chi connectivity index (χ0v) is 26.5. The average Bonchev–Trinajstić information content (AvgIpc) is 3.02. The molecule has 1 saturated heterocycles. The summed E-state index contributed by atoms with van der Waals surface area (Å²) in [4.78, 5) is 58.0. The van der Waals surface area contributed by atoms with E-state index in [0.717, 1.165) is 24.0 Å². The van der Waals surface area contributed by atoms with Gasteiger partial charge in [0.25, 0.3) is 0 Å². The van der Waals surface area contributed by atoms with Gasteiger partial charge >= 0.3 is 17.9 Å². The quantitative estimate of drug-likeness (QED) is 0.171. The van der Waals surface area contributed by atoms with Gasteiger partial charge in [0.05, 0.1) is 47.1 Å². The molecule has 1 aliphatic rings. The minimum atomic E-state index is -0.442. The van der Waals surface area contributed by atoms with Gasteiger partial charge in [-0.1, -0.05) is 25.5 Å². The first kappa shape index (κ1) is 36.1. The topological polar surface area (TPSA) is 118 Å². The lowest BCUT2D eigenvalue weighted by Crippen LogP contribution is -2.53. The predicted octanol–water partition coefficient (Wildman–Crippen LogP) is 1.10. The van der Waals surface area contributed by atoms with Crippen molar-refractivity contribution < 1.29 is 38.1 Å². The molecule has 12 heteroatoms. The molecule has 1 aromatic rings. The molecule has 2 unspecified atom stereocenters. The summed E-state index contributed by atoms with van der Waals surface area (Å²) in [5.74, 6) is -0.232. The van der Waals surface area contributed by atoms with E-state index in [0.29, 0.717) is 71.8 Å². The van der Waals surface area contributed by atoms with Crippen molar-refractivity contribution in [3.63, 3.8) is 0 Å². The van der Waals surface area contributed by atoms with Crippen LogP contribution in [0.5, 0.6) is 5.75 Å². The molecule has 2 atom stereocenters. The SMILES string of the molecule is CCCC(C(=O)OC)N1CCN(CC(=O)OC)CCN(C(C=O)Cc2ccc(OCC)cc2)CCN(CC(=O)OC)CC1. The Balaban J connectivity index is 2.34. The van der Waals surface area contributed by atoms with Crippen molar-refractivity contribution in [1.29, 1.82) is 0 Å². The summed E-state index contributed by atoms with van der Waals surface area (Å²) < 4.78 is 20.6. The monoisotopic (exact) mass is 606 g/mol. The van der Waals surface area contributed by atoms with E-state index in [1.165, 1.54) is 21.3 Å². The first-order chi connectivity index (χ1) is 20.8. The van der Waals surface area contributed by atoms with Crippen molar-refractivity contribution in [2.45, 2.75) is 45.2 Å². The number of aldehydes is 1. The molecule has 2 rings (SSSR count). The third-order valence-electron chi connectivity index (χ3n) is 7.76. The molecule has 1 heterocycles.